The lowest BCUT2D eigenvalue weighted by Crippen LogP contribution is -2.49. The van der Waals surface area contributed by atoms with E-state index in [0.717, 1.165) is 5.56 Å². The molecule has 0 atom stereocenters. The first-order valence-electron chi connectivity index (χ1n) is 10.3. The first kappa shape index (κ1) is 23.5. The number of rotatable bonds is 6. The first-order valence-corrected chi connectivity index (χ1v) is 10.3. The zero-order valence-electron chi connectivity index (χ0n) is 18.5. The summed E-state index contributed by atoms with van der Waals surface area (Å²) in [4.78, 5) is 37.8. The number of aryl methyl sites for hydroxylation is 2. The van der Waals surface area contributed by atoms with Crippen molar-refractivity contribution >= 4 is 17.9 Å². The van der Waals surface area contributed by atoms with Crippen LogP contribution in [-0.2, 0) is 14.3 Å². The second-order valence-electron chi connectivity index (χ2n) is 8.61. The molecule has 0 radical (unpaired) electrons. The van der Waals surface area contributed by atoms with E-state index in [9.17, 15) is 14.4 Å². The molecule has 0 aromatic heterocycles. The van der Waals surface area contributed by atoms with Crippen LogP contribution in [0, 0.1) is 13.8 Å². The molecule has 1 aromatic rings. The van der Waals surface area contributed by atoms with E-state index in [1.165, 1.54) is 5.56 Å². The van der Waals surface area contributed by atoms with Gasteiger partial charge >= 0.3 is 6.09 Å². The number of piperidine rings is 1. The van der Waals surface area contributed by atoms with Crippen molar-refractivity contribution in [2.45, 2.75) is 59.1 Å². The third kappa shape index (κ3) is 7.93. The smallest absolute Gasteiger partial charge is 0.408 e. The van der Waals surface area contributed by atoms with Gasteiger partial charge in [0, 0.05) is 19.1 Å². The molecule has 0 saturated carbocycles. The number of hydrogen-bond donors (Lipinski definition) is 2. The Hall–Kier alpha value is -2.77. The minimum absolute atomic E-state index is 0.000660. The van der Waals surface area contributed by atoms with E-state index in [1.54, 1.807) is 25.7 Å². The van der Waals surface area contributed by atoms with Crippen molar-refractivity contribution in [3.05, 3.63) is 29.3 Å². The quantitative estimate of drug-likeness (QED) is 0.738. The Kier molecular flexibility index (Phi) is 8.08. The van der Waals surface area contributed by atoms with Gasteiger partial charge in [-0.3, -0.25) is 9.59 Å². The fourth-order valence-electron chi connectivity index (χ4n) is 3.06. The predicted octanol–water partition coefficient (Wildman–Crippen LogP) is 2.31. The van der Waals surface area contributed by atoms with E-state index in [1.807, 2.05) is 32.0 Å². The van der Waals surface area contributed by atoms with Gasteiger partial charge in [-0.25, -0.2) is 4.79 Å². The van der Waals surface area contributed by atoms with Crippen LogP contribution >= 0.6 is 0 Å². The molecule has 1 aliphatic heterocycles. The minimum atomic E-state index is -0.623. The number of hydrogen-bond acceptors (Lipinski definition) is 5. The Morgan fingerprint density at radius 2 is 1.77 bits per heavy atom. The molecule has 0 unspecified atom stereocenters. The van der Waals surface area contributed by atoms with Gasteiger partial charge in [-0.1, -0.05) is 6.07 Å². The Morgan fingerprint density at radius 3 is 2.37 bits per heavy atom. The van der Waals surface area contributed by atoms with E-state index in [0.29, 0.717) is 31.7 Å². The molecule has 2 N–H and O–H groups in total. The molecular formula is C22H33N3O5. The summed E-state index contributed by atoms with van der Waals surface area (Å²) in [5.74, 6) is 0.347. The van der Waals surface area contributed by atoms with E-state index in [4.69, 9.17) is 9.47 Å². The summed E-state index contributed by atoms with van der Waals surface area (Å²) < 4.78 is 10.7. The van der Waals surface area contributed by atoms with Crippen LogP contribution in [0.3, 0.4) is 0 Å². The lowest BCUT2D eigenvalue weighted by atomic mass is 10.0. The highest BCUT2D eigenvalue weighted by molar-refractivity contribution is 5.82. The molecule has 8 nitrogen and oxygen atoms in total. The van der Waals surface area contributed by atoms with Gasteiger partial charge in [-0.15, -0.1) is 0 Å². The Labute approximate surface area is 178 Å². The molecule has 2 rings (SSSR count). The topological polar surface area (TPSA) is 97.0 Å². The molecule has 166 valence electrons. The van der Waals surface area contributed by atoms with E-state index < -0.39 is 11.7 Å². The fraction of sp³-hybridized carbons (Fsp3) is 0.591. The molecule has 30 heavy (non-hydrogen) atoms. The van der Waals surface area contributed by atoms with Crippen LogP contribution in [0.1, 0.15) is 44.7 Å². The molecule has 8 heteroatoms. The molecule has 0 spiro atoms. The van der Waals surface area contributed by atoms with Crippen molar-refractivity contribution in [2.75, 3.05) is 26.2 Å². The number of ether oxygens (including phenoxy) is 2. The Bertz CT molecular complexity index is 765. The van der Waals surface area contributed by atoms with Gasteiger partial charge in [0.1, 0.15) is 17.9 Å². The summed E-state index contributed by atoms with van der Waals surface area (Å²) >= 11 is 0. The second kappa shape index (κ2) is 10.3. The monoisotopic (exact) mass is 419 g/mol. The zero-order chi connectivity index (χ0) is 22.3. The maximum absolute atomic E-state index is 12.4. The van der Waals surface area contributed by atoms with E-state index in [-0.39, 0.29) is 31.0 Å². The maximum Gasteiger partial charge on any atom is 0.408 e. The van der Waals surface area contributed by atoms with Gasteiger partial charge in [0.25, 0.3) is 5.91 Å². The van der Waals surface area contributed by atoms with Crippen molar-refractivity contribution < 1.29 is 23.9 Å². The van der Waals surface area contributed by atoms with Gasteiger partial charge in [0.05, 0.1) is 0 Å². The maximum atomic E-state index is 12.4. The van der Waals surface area contributed by atoms with Crippen LogP contribution < -0.4 is 15.4 Å². The number of nitrogens with one attached hydrogen (secondary N) is 2. The lowest BCUT2D eigenvalue weighted by Gasteiger charge is -2.32. The Balaban J connectivity index is 1.67. The lowest BCUT2D eigenvalue weighted by molar-refractivity contribution is -0.134. The zero-order valence-corrected chi connectivity index (χ0v) is 18.5. The summed E-state index contributed by atoms with van der Waals surface area (Å²) in [6, 6.07) is 5.74. The van der Waals surface area contributed by atoms with Crippen molar-refractivity contribution in [3.8, 4) is 5.75 Å². The van der Waals surface area contributed by atoms with Crippen molar-refractivity contribution in [1.29, 1.82) is 0 Å². The first-order chi connectivity index (χ1) is 14.0. The summed E-state index contributed by atoms with van der Waals surface area (Å²) in [5.41, 5.74) is 1.69. The molecule has 1 aliphatic rings. The van der Waals surface area contributed by atoms with Crippen LogP contribution in [0.15, 0.2) is 18.2 Å². The number of carbonyl (C=O) groups is 3. The normalized spacial score (nSPS) is 14.8. The average molecular weight is 420 g/mol. The van der Waals surface area contributed by atoms with Crippen molar-refractivity contribution in [2.24, 2.45) is 0 Å². The molecule has 3 amide bonds. The van der Waals surface area contributed by atoms with Crippen LogP contribution in [0.4, 0.5) is 4.79 Å². The standard InChI is InChI=1S/C22H33N3O5/c1-15-6-7-18(12-16(15)2)29-14-20(27)25-10-8-17(9-11-25)24-19(26)13-23-21(28)30-22(3,4)5/h6-7,12,17H,8-11,13-14H2,1-5H3,(H,23,28)(H,24,26). The molecule has 1 heterocycles. The number of carbonyl (C=O) groups excluding carboxylic acids is 3. The number of amides is 3. The number of nitrogens with zero attached hydrogens (tertiary/aromatic N) is 1. The van der Waals surface area contributed by atoms with E-state index >= 15 is 0 Å². The molecule has 1 aromatic carbocycles. The van der Waals surface area contributed by atoms with Crippen LogP contribution in [0.25, 0.3) is 0 Å². The molecular weight excluding hydrogens is 386 g/mol. The summed E-state index contributed by atoms with van der Waals surface area (Å²) in [7, 11) is 0. The van der Waals surface area contributed by atoms with Crippen molar-refractivity contribution in [1.82, 2.24) is 15.5 Å². The third-order valence-corrected chi connectivity index (χ3v) is 4.85. The highest BCUT2D eigenvalue weighted by atomic mass is 16.6. The van der Waals surface area contributed by atoms with Gasteiger partial charge in [-0.2, -0.15) is 0 Å². The summed E-state index contributed by atoms with van der Waals surface area (Å²) in [5, 5.41) is 5.33. The fourth-order valence-corrected chi connectivity index (χ4v) is 3.06. The number of likely N-dealkylation sites (tertiary alicyclic amines) is 1. The molecule has 1 saturated heterocycles. The predicted molar refractivity (Wildman–Crippen MR) is 113 cm³/mol. The van der Waals surface area contributed by atoms with Gasteiger partial charge < -0.3 is 25.0 Å². The largest absolute Gasteiger partial charge is 0.484 e. The summed E-state index contributed by atoms with van der Waals surface area (Å²) in [6.45, 7) is 10.3. The van der Waals surface area contributed by atoms with E-state index in [2.05, 4.69) is 10.6 Å². The Morgan fingerprint density at radius 1 is 1.10 bits per heavy atom. The van der Waals surface area contributed by atoms with Gasteiger partial charge in [0.15, 0.2) is 6.61 Å². The average Bonchev–Trinajstić information content (AvgIpc) is 2.66. The summed E-state index contributed by atoms with van der Waals surface area (Å²) in [6.07, 6.45) is 0.697. The van der Waals surface area contributed by atoms with Gasteiger partial charge in [-0.05, 0) is 70.7 Å². The molecule has 0 bridgehead atoms. The highest BCUT2D eigenvalue weighted by Gasteiger charge is 2.24. The highest BCUT2D eigenvalue weighted by Crippen LogP contribution is 2.17. The SMILES string of the molecule is Cc1ccc(OCC(=O)N2CCC(NC(=O)CNC(=O)OC(C)(C)C)CC2)cc1C. The minimum Gasteiger partial charge on any atom is -0.484 e. The van der Waals surface area contributed by atoms with Crippen LogP contribution in [0.2, 0.25) is 0 Å². The van der Waals surface area contributed by atoms with Crippen molar-refractivity contribution in [3.63, 3.8) is 0 Å². The number of benzene rings is 1. The second-order valence-corrected chi connectivity index (χ2v) is 8.61. The van der Waals surface area contributed by atoms with Gasteiger partial charge in [0.2, 0.25) is 5.91 Å². The molecule has 1 fully saturated rings. The number of alkyl carbamates (subject to hydrolysis) is 1. The van der Waals surface area contributed by atoms with Crippen LogP contribution in [0.5, 0.6) is 5.75 Å². The third-order valence-electron chi connectivity index (χ3n) is 4.85. The molecule has 0 aliphatic carbocycles. The van der Waals surface area contributed by atoms with Crippen LogP contribution in [-0.4, -0.2) is 60.7 Å².